The highest BCUT2D eigenvalue weighted by atomic mass is 16.5. The third-order valence-corrected chi connectivity index (χ3v) is 2.27. The zero-order valence-corrected chi connectivity index (χ0v) is 10.0. The maximum Gasteiger partial charge on any atom is 0.266 e. The molecule has 1 heterocycles. The average Bonchev–Trinajstić information content (AvgIpc) is 2.68. The summed E-state index contributed by atoms with van der Waals surface area (Å²) in [5.74, 6) is 1.01. The summed E-state index contributed by atoms with van der Waals surface area (Å²) in [6, 6.07) is 0. The molecule has 1 N–H and O–H groups in total. The van der Waals surface area contributed by atoms with Gasteiger partial charge >= 0.3 is 0 Å². The summed E-state index contributed by atoms with van der Waals surface area (Å²) in [5.41, 5.74) is 0. The quantitative estimate of drug-likeness (QED) is 0.732. The fraction of sp³-hybridized carbons (Fsp3) is 0.800. The van der Waals surface area contributed by atoms with E-state index in [1.54, 1.807) is 7.11 Å². The van der Waals surface area contributed by atoms with E-state index in [9.17, 15) is 5.11 Å². The van der Waals surface area contributed by atoms with E-state index in [1.165, 1.54) is 0 Å². The molecule has 1 aromatic heterocycles. The molecule has 1 rings (SSSR count). The molecule has 0 bridgehead atoms. The standard InChI is InChI=1S/C10H19N3O3/c1-4-13(5-2)10-11-9(16-12-10)6-8(14)7-15-3/h8,14H,4-7H2,1-3H3. The number of ether oxygens (including phenoxy) is 1. The molecule has 1 aromatic rings. The lowest BCUT2D eigenvalue weighted by Gasteiger charge is -2.14. The van der Waals surface area contributed by atoms with Crippen LogP contribution < -0.4 is 4.90 Å². The molecular weight excluding hydrogens is 210 g/mol. The Morgan fingerprint density at radius 1 is 1.44 bits per heavy atom. The number of aliphatic hydroxyl groups excluding tert-OH is 1. The van der Waals surface area contributed by atoms with Crippen LogP contribution in [-0.2, 0) is 11.2 Å². The molecular formula is C10H19N3O3. The van der Waals surface area contributed by atoms with Crippen molar-refractivity contribution < 1.29 is 14.4 Å². The molecule has 0 aromatic carbocycles. The van der Waals surface area contributed by atoms with Gasteiger partial charge in [-0.2, -0.15) is 4.98 Å². The molecule has 16 heavy (non-hydrogen) atoms. The van der Waals surface area contributed by atoms with E-state index < -0.39 is 6.10 Å². The molecule has 0 aliphatic rings. The first-order chi connectivity index (χ1) is 7.71. The monoisotopic (exact) mass is 229 g/mol. The number of hydrogen-bond acceptors (Lipinski definition) is 6. The van der Waals surface area contributed by atoms with E-state index in [0.29, 0.717) is 18.3 Å². The highest BCUT2D eigenvalue weighted by molar-refractivity contribution is 5.26. The topological polar surface area (TPSA) is 71.6 Å². The number of nitrogens with zero attached hydrogens (tertiary/aromatic N) is 3. The summed E-state index contributed by atoms with van der Waals surface area (Å²) in [7, 11) is 1.54. The molecule has 1 atom stereocenters. The molecule has 92 valence electrons. The average molecular weight is 229 g/mol. The summed E-state index contributed by atoms with van der Waals surface area (Å²) in [4.78, 5) is 6.19. The summed E-state index contributed by atoms with van der Waals surface area (Å²) >= 11 is 0. The molecule has 0 fully saturated rings. The van der Waals surface area contributed by atoms with Gasteiger partial charge in [-0.05, 0) is 19.0 Å². The van der Waals surface area contributed by atoms with Crippen LogP contribution in [0.3, 0.4) is 0 Å². The number of aromatic nitrogens is 2. The lowest BCUT2D eigenvalue weighted by atomic mass is 10.3. The number of anilines is 1. The molecule has 0 radical (unpaired) electrons. The van der Waals surface area contributed by atoms with E-state index in [-0.39, 0.29) is 6.61 Å². The van der Waals surface area contributed by atoms with Crippen molar-refractivity contribution in [1.29, 1.82) is 0 Å². The van der Waals surface area contributed by atoms with Gasteiger partial charge in [0, 0.05) is 20.2 Å². The molecule has 6 nitrogen and oxygen atoms in total. The third-order valence-electron chi connectivity index (χ3n) is 2.27. The van der Waals surface area contributed by atoms with Gasteiger partial charge in [0.2, 0.25) is 5.89 Å². The third kappa shape index (κ3) is 3.46. The minimum Gasteiger partial charge on any atom is -0.390 e. The lowest BCUT2D eigenvalue weighted by Crippen LogP contribution is -2.23. The van der Waals surface area contributed by atoms with E-state index in [2.05, 4.69) is 10.1 Å². The van der Waals surface area contributed by atoms with Crippen LogP contribution in [0.1, 0.15) is 19.7 Å². The van der Waals surface area contributed by atoms with Gasteiger partial charge in [-0.3, -0.25) is 0 Å². The number of hydrogen-bond donors (Lipinski definition) is 1. The molecule has 0 amide bonds. The van der Waals surface area contributed by atoms with Crippen molar-refractivity contribution in [2.45, 2.75) is 26.4 Å². The van der Waals surface area contributed by atoms with Crippen LogP contribution in [0.2, 0.25) is 0 Å². The zero-order valence-electron chi connectivity index (χ0n) is 10.0. The second kappa shape index (κ2) is 6.44. The highest BCUT2D eigenvalue weighted by Gasteiger charge is 2.14. The Labute approximate surface area is 95.2 Å². The van der Waals surface area contributed by atoms with Gasteiger partial charge < -0.3 is 19.3 Å². The Kier molecular flexibility index (Phi) is 5.21. The van der Waals surface area contributed by atoms with E-state index in [4.69, 9.17) is 9.26 Å². The van der Waals surface area contributed by atoms with Crippen LogP contribution in [0, 0.1) is 0 Å². The molecule has 0 aliphatic heterocycles. The second-order valence-electron chi connectivity index (χ2n) is 3.47. The first kappa shape index (κ1) is 12.9. The summed E-state index contributed by atoms with van der Waals surface area (Å²) in [6.45, 7) is 5.98. The maximum atomic E-state index is 9.50. The zero-order chi connectivity index (χ0) is 12.0. The van der Waals surface area contributed by atoms with Gasteiger partial charge in [0.05, 0.1) is 19.1 Å². The van der Waals surface area contributed by atoms with E-state index >= 15 is 0 Å². The largest absolute Gasteiger partial charge is 0.390 e. The fourth-order valence-corrected chi connectivity index (χ4v) is 1.42. The minimum absolute atomic E-state index is 0.267. The summed E-state index contributed by atoms with van der Waals surface area (Å²) in [5, 5.41) is 13.4. The van der Waals surface area contributed by atoms with Gasteiger partial charge in [-0.1, -0.05) is 0 Å². The van der Waals surface area contributed by atoms with Crippen molar-refractivity contribution in [2.24, 2.45) is 0 Å². The van der Waals surface area contributed by atoms with Crippen molar-refractivity contribution in [3.63, 3.8) is 0 Å². The summed E-state index contributed by atoms with van der Waals surface area (Å²) in [6.07, 6.45) is -0.280. The molecule has 0 saturated carbocycles. The predicted molar refractivity (Wildman–Crippen MR) is 59.4 cm³/mol. The van der Waals surface area contributed by atoms with Gasteiger partial charge in [0.1, 0.15) is 0 Å². The van der Waals surface area contributed by atoms with Crippen LogP contribution in [0.4, 0.5) is 5.95 Å². The lowest BCUT2D eigenvalue weighted by molar-refractivity contribution is 0.0599. The molecule has 0 aliphatic carbocycles. The van der Waals surface area contributed by atoms with Crippen molar-refractivity contribution in [1.82, 2.24) is 10.1 Å². The number of aliphatic hydroxyl groups is 1. The molecule has 0 saturated heterocycles. The van der Waals surface area contributed by atoms with Crippen LogP contribution in [0.15, 0.2) is 4.52 Å². The van der Waals surface area contributed by atoms with Gasteiger partial charge in [-0.15, -0.1) is 0 Å². The van der Waals surface area contributed by atoms with Crippen molar-refractivity contribution in [3.05, 3.63) is 5.89 Å². The van der Waals surface area contributed by atoms with E-state index in [0.717, 1.165) is 13.1 Å². The molecule has 1 unspecified atom stereocenters. The Balaban J connectivity index is 2.57. The summed E-state index contributed by atoms with van der Waals surface area (Å²) < 4.78 is 9.87. The van der Waals surface area contributed by atoms with E-state index in [1.807, 2.05) is 18.7 Å². The smallest absolute Gasteiger partial charge is 0.266 e. The Morgan fingerprint density at radius 2 is 2.12 bits per heavy atom. The van der Waals surface area contributed by atoms with Crippen molar-refractivity contribution in [3.8, 4) is 0 Å². The van der Waals surface area contributed by atoms with Crippen molar-refractivity contribution >= 4 is 5.95 Å². The first-order valence-corrected chi connectivity index (χ1v) is 5.45. The van der Waals surface area contributed by atoms with Gasteiger partial charge in [-0.25, -0.2) is 0 Å². The normalized spacial score (nSPS) is 12.8. The number of rotatable bonds is 7. The molecule has 0 spiro atoms. The van der Waals surface area contributed by atoms with Crippen LogP contribution >= 0.6 is 0 Å². The number of methoxy groups -OCH3 is 1. The van der Waals surface area contributed by atoms with Crippen LogP contribution in [0.25, 0.3) is 0 Å². The van der Waals surface area contributed by atoms with Gasteiger partial charge in [0.25, 0.3) is 5.95 Å². The minimum atomic E-state index is -0.602. The second-order valence-corrected chi connectivity index (χ2v) is 3.47. The highest BCUT2D eigenvalue weighted by Crippen LogP contribution is 2.10. The Bertz CT molecular complexity index is 299. The predicted octanol–water partition coefficient (Wildman–Crippen LogP) is 0.466. The van der Waals surface area contributed by atoms with Gasteiger partial charge in [0.15, 0.2) is 0 Å². The molecule has 6 heteroatoms. The van der Waals surface area contributed by atoms with Crippen molar-refractivity contribution in [2.75, 3.05) is 31.7 Å². The SMILES string of the molecule is CCN(CC)c1noc(CC(O)COC)n1. The first-order valence-electron chi connectivity index (χ1n) is 5.45. The van der Waals surface area contributed by atoms with Crippen LogP contribution in [-0.4, -0.2) is 48.2 Å². The van der Waals surface area contributed by atoms with Crippen LogP contribution in [0.5, 0.6) is 0 Å². The Morgan fingerprint density at radius 3 is 2.69 bits per heavy atom. The fourth-order valence-electron chi connectivity index (χ4n) is 1.42. The maximum absolute atomic E-state index is 9.50. The Hall–Kier alpha value is -1.14.